The molecule has 4 aromatic rings. The molecular formula is C27H26N2O6. The summed E-state index contributed by atoms with van der Waals surface area (Å²) in [4.78, 5) is 30.0. The molecule has 35 heavy (non-hydrogen) atoms. The van der Waals surface area contributed by atoms with Crippen molar-refractivity contribution in [2.75, 3.05) is 33.8 Å². The van der Waals surface area contributed by atoms with Crippen LogP contribution in [0, 0.1) is 6.92 Å². The van der Waals surface area contributed by atoms with E-state index in [9.17, 15) is 9.59 Å². The number of anilines is 1. The number of nitrogens with one attached hydrogen (secondary N) is 2. The van der Waals surface area contributed by atoms with Gasteiger partial charge in [0.2, 0.25) is 11.5 Å². The second kappa shape index (κ2) is 9.80. The van der Waals surface area contributed by atoms with Crippen LogP contribution in [0.25, 0.3) is 10.9 Å². The van der Waals surface area contributed by atoms with Crippen molar-refractivity contribution in [3.8, 4) is 23.0 Å². The van der Waals surface area contributed by atoms with Gasteiger partial charge in [-0.25, -0.2) is 0 Å². The van der Waals surface area contributed by atoms with Gasteiger partial charge in [-0.05, 0) is 31.2 Å². The largest absolute Gasteiger partial charge is 0.497 e. The van der Waals surface area contributed by atoms with Crippen molar-refractivity contribution in [2.24, 2.45) is 0 Å². The van der Waals surface area contributed by atoms with Crippen molar-refractivity contribution in [3.63, 3.8) is 0 Å². The number of benzene rings is 3. The molecule has 0 atom stereocenters. The lowest BCUT2D eigenvalue weighted by Crippen LogP contribution is -2.15. The van der Waals surface area contributed by atoms with E-state index < -0.39 is 5.91 Å². The smallest absolute Gasteiger partial charge is 0.256 e. The second-order valence-electron chi connectivity index (χ2n) is 7.85. The van der Waals surface area contributed by atoms with E-state index in [0.717, 1.165) is 5.56 Å². The van der Waals surface area contributed by atoms with Crippen LogP contribution in [0.4, 0.5) is 5.69 Å². The molecule has 0 saturated heterocycles. The highest BCUT2D eigenvalue weighted by Crippen LogP contribution is 2.39. The van der Waals surface area contributed by atoms with E-state index >= 15 is 0 Å². The SMILES string of the molecule is COc1ccc2c(NC(=O)c3cc(OC)c(OC)c(OC)c3)c(C(=O)c3ccc(C)cc3)[nH]c2c1. The van der Waals surface area contributed by atoms with Crippen molar-refractivity contribution >= 4 is 28.3 Å². The standard InChI is InChI=1S/C27H26N2O6/c1-15-6-8-16(9-7-15)25(30)24-23(19-11-10-18(32-2)14-20(19)28-24)29-27(31)17-12-21(33-3)26(35-5)22(13-17)34-4/h6-14,28H,1-5H3,(H,29,31). The summed E-state index contributed by atoms with van der Waals surface area (Å²) in [5, 5.41) is 3.57. The summed E-state index contributed by atoms with van der Waals surface area (Å²) >= 11 is 0. The normalized spacial score (nSPS) is 10.7. The van der Waals surface area contributed by atoms with Crippen LogP contribution in [0.3, 0.4) is 0 Å². The minimum atomic E-state index is -0.445. The van der Waals surface area contributed by atoms with Gasteiger partial charge in [0.15, 0.2) is 11.5 Å². The summed E-state index contributed by atoms with van der Waals surface area (Å²) in [6, 6.07) is 15.7. The van der Waals surface area contributed by atoms with E-state index in [2.05, 4.69) is 10.3 Å². The number of aromatic nitrogens is 1. The first-order valence-electron chi connectivity index (χ1n) is 10.8. The van der Waals surface area contributed by atoms with E-state index in [1.807, 2.05) is 19.1 Å². The minimum Gasteiger partial charge on any atom is -0.497 e. The zero-order valence-corrected chi connectivity index (χ0v) is 20.1. The summed E-state index contributed by atoms with van der Waals surface area (Å²) in [6.07, 6.45) is 0. The first-order valence-corrected chi connectivity index (χ1v) is 10.8. The number of H-pyrrole nitrogens is 1. The molecule has 0 saturated carbocycles. The van der Waals surface area contributed by atoms with Crippen LogP contribution in [0.15, 0.2) is 54.6 Å². The molecule has 4 rings (SSSR count). The number of carbonyl (C=O) groups excluding carboxylic acids is 2. The highest BCUT2D eigenvalue weighted by atomic mass is 16.5. The molecule has 2 N–H and O–H groups in total. The number of amides is 1. The highest BCUT2D eigenvalue weighted by Gasteiger charge is 2.23. The Balaban J connectivity index is 1.81. The fourth-order valence-corrected chi connectivity index (χ4v) is 3.85. The summed E-state index contributed by atoms with van der Waals surface area (Å²) in [6.45, 7) is 1.95. The molecule has 0 fully saturated rings. The van der Waals surface area contributed by atoms with E-state index in [1.54, 1.807) is 49.6 Å². The first kappa shape index (κ1) is 23.7. The Kier molecular flexibility index (Phi) is 6.64. The predicted octanol–water partition coefficient (Wildman–Crippen LogP) is 4.99. The van der Waals surface area contributed by atoms with Crippen LogP contribution in [-0.2, 0) is 0 Å². The number of fused-ring (bicyclic) bond motifs is 1. The van der Waals surface area contributed by atoms with E-state index in [4.69, 9.17) is 18.9 Å². The molecular weight excluding hydrogens is 448 g/mol. The zero-order chi connectivity index (χ0) is 25.1. The quantitative estimate of drug-likeness (QED) is 0.349. The van der Waals surface area contributed by atoms with Gasteiger partial charge in [0.1, 0.15) is 11.4 Å². The molecule has 1 aromatic heterocycles. The molecule has 0 unspecified atom stereocenters. The van der Waals surface area contributed by atoms with Gasteiger partial charge in [0.25, 0.3) is 5.91 Å². The summed E-state index contributed by atoms with van der Waals surface area (Å²) in [5.41, 5.74) is 3.09. The molecule has 1 amide bonds. The molecule has 0 aliphatic heterocycles. The fraction of sp³-hybridized carbons (Fsp3) is 0.185. The molecule has 0 spiro atoms. The Labute approximate surface area is 202 Å². The topological polar surface area (TPSA) is 98.9 Å². The summed E-state index contributed by atoms with van der Waals surface area (Å²) < 4.78 is 21.4. The molecule has 0 radical (unpaired) electrons. The van der Waals surface area contributed by atoms with Crippen LogP contribution in [-0.4, -0.2) is 45.1 Å². The van der Waals surface area contributed by atoms with Gasteiger partial charge in [-0.15, -0.1) is 0 Å². The van der Waals surface area contributed by atoms with Crippen molar-refractivity contribution in [1.82, 2.24) is 4.98 Å². The average Bonchev–Trinajstić information content (AvgIpc) is 3.24. The van der Waals surface area contributed by atoms with Crippen LogP contribution in [0.5, 0.6) is 23.0 Å². The highest BCUT2D eigenvalue weighted by molar-refractivity contribution is 6.20. The number of hydrogen-bond donors (Lipinski definition) is 2. The lowest BCUT2D eigenvalue weighted by molar-refractivity contribution is 0.102. The molecule has 8 heteroatoms. The van der Waals surface area contributed by atoms with E-state index in [-0.39, 0.29) is 17.0 Å². The molecule has 3 aromatic carbocycles. The summed E-state index contributed by atoms with van der Waals surface area (Å²) in [7, 11) is 6.01. The Bertz CT molecular complexity index is 1380. The number of rotatable bonds is 8. The van der Waals surface area contributed by atoms with E-state index in [0.29, 0.717) is 45.2 Å². The average molecular weight is 475 g/mol. The predicted molar refractivity (Wildman–Crippen MR) is 134 cm³/mol. The fourth-order valence-electron chi connectivity index (χ4n) is 3.85. The monoisotopic (exact) mass is 474 g/mol. The molecule has 8 nitrogen and oxygen atoms in total. The van der Waals surface area contributed by atoms with Gasteiger partial charge >= 0.3 is 0 Å². The van der Waals surface area contributed by atoms with Gasteiger partial charge in [0.05, 0.1) is 39.6 Å². The van der Waals surface area contributed by atoms with E-state index in [1.165, 1.54) is 21.3 Å². The maximum absolute atomic E-state index is 13.4. The molecule has 180 valence electrons. The van der Waals surface area contributed by atoms with Gasteiger partial charge in [-0.1, -0.05) is 29.8 Å². The van der Waals surface area contributed by atoms with Crippen LogP contribution in [0.1, 0.15) is 32.0 Å². The number of carbonyl (C=O) groups is 2. The Morgan fingerprint density at radius 3 is 2.00 bits per heavy atom. The van der Waals surface area contributed by atoms with Crippen LogP contribution in [0.2, 0.25) is 0 Å². The van der Waals surface area contributed by atoms with Crippen LogP contribution < -0.4 is 24.3 Å². The third kappa shape index (κ3) is 4.50. The lowest BCUT2D eigenvalue weighted by Gasteiger charge is -2.14. The summed E-state index contributed by atoms with van der Waals surface area (Å²) in [5.74, 6) is 0.990. The van der Waals surface area contributed by atoms with Gasteiger partial charge in [-0.3, -0.25) is 9.59 Å². The molecule has 0 bridgehead atoms. The number of ether oxygens (including phenoxy) is 4. The first-order chi connectivity index (χ1) is 16.9. The van der Waals surface area contributed by atoms with Gasteiger partial charge in [0, 0.05) is 22.6 Å². The molecule has 0 aliphatic carbocycles. The Morgan fingerprint density at radius 2 is 1.43 bits per heavy atom. The third-order valence-electron chi connectivity index (χ3n) is 5.71. The lowest BCUT2D eigenvalue weighted by atomic mass is 10.0. The second-order valence-corrected chi connectivity index (χ2v) is 7.85. The maximum Gasteiger partial charge on any atom is 0.256 e. The number of ketones is 1. The number of hydrogen-bond acceptors (Lipinski definition) is 6. The Hall–Kier alpha value is -4.46. The molecule has 0 aliphatic rings. The number of aryl methyl sites for hydroxylation is 1. The number of aromatic amines is 1. The van der Waals surface area contributed by atoms with Gasteiger partial charge in [-0.2, -0.15) is 0 Å². The van der Waals surface area contributed by atoms with Gasteiger partial charge < -0.3 is 29.2 Å². The number of methoxy groups -OCH3 is 4. The van der Waals surface area contributed by atoms with Crippen molar-refractivity contribution < 1.29 is 28.5 Å². The molecule has 1 heterocycles. The zero-order valence-electron chi connectivity index (χ0n) is 20.1. The minimum absolute atomic E-state index is 0.250. The maximum atomic E-state index is 13.4. The van der Waals surface area contributed by atoms with Crippen molar-refractivity contribution in [2.45, 2.75) is 6.92 Å². The van der Waals surface area contributed by atoms with Crippen LogP contribution >= 0.6 is 0 Å². The van der Waals surface area contributed by atoms with Crippen molar-refractivity contribution in [1.29, 1.82) is 0 Å². The third-order valence-corrected chi connectivity index (χ3v) is 5.71. The van der Waals surface area contributed by atoms with Crippen molar-refractivity contribution in [3.05, 3.63) is 77.0 Å². The Morgan fingerprint density at radius 1 is 0.771 bits per heavy atom.